The Labute approximate surface area is 621 Å². The molecule has 1 atom stereocenters. The van der Waals surface area contributed by atoms with E-state index in [0.29, 0.717) is 45.6 Å². The zero-order valence-electron chi connectivity index (χ0n) is 68.4. The number of piperidine rings is 2. The van der Waals surface area contributed by atoms with E-state index >= 15 is 0 Å². The Kier molecular flexibility index (Phi) is 31.4. The smallest absolute Gasteiger partial charge is 0.182 e. The van der Waals surface area contributed by atoms with Gasteiger partial charge in [-0.05, 0) is 233 Å². The van der Waals surface area contributed by atoms with Gasteiger partial charge in [-0.2, -0.15) is 0 Å². The van der Waals surface area contributed by atoms with Crippen LogP contribution in [0.1, 0.15) is 261 Å². The maximum absolute atomic E-state index is 12.4. The van der Waals surface area contributed by atoms with Crippen LogP contribution in [0, 0.1) is 62.5 Å². The van der Waals surface area contributed by atoms with Crippen LogP contribution in [-0.2, 0) is 24.4 Å². The second-order valence-electron chi connectivity index (χ2n) is 34.4. The van der Waals surface area contributed by atoms with E-state index < -0.39 is 18.8 Å². The Morgan fingerprint density at radius 3 is 1.53 bits per heavy atom. The number of fused-ring (bicyclic) bond motifs is 2. The summed E-state index contributed by atoms with van der Waals surface area (Å²) >= 11 is 0.0219. The van der Waals surface area contributed by atoms with E-state index in [9.17, 15) is 30.1 Å². The summed E-state index contributed by atoms with van der Waals surface area (Å²) in [6.45, 7) is 58.3. The minimum atomic E-state index is -0.410. The van der Waals surface area contributed by atoms with E-state index in [1.54, 1.807) is 13.1 Å². The van der Waals surface area contributed by atoms with Crippen LogP contribution in [0.15, 0.2) is 77.6 Å². The van der Waals surface area contributed by atoms with Gasteiger partial charge in [0.25, 0.3) is 0 Å². The third-order valence-electron chi connectivity index (χ3n) is 21.5. The van der Waals surface area contributed by atoms with Gasteiger partial charge in [0.1, 0.15) is 40.1 Å². The zero-order chi connectivity index (χ0) is 77.9. The molecule has 9 rings (SSSR count). The van der Waals surface area contributed by atoms with Gasteiger partial charge in [0.2, 0.25) is 0 Å². The maximum atomic E-state index is 12.4. The molecule has 6 aromatic rings. The SMILES string of the molecule is CC(C)C(=O)CC1CC(C)(C)N(C)C(C)(C)C1.CC(C)C1CC(C)(C)N(C)C(C)(C)C1.CC(C)Oc1ccc(-n2[se]c3ccccc3c2=O)cc1.CC(C)Oc1ccc(/C=[N+](\[O-])C(C)(C)C)cc1.Cc1c(C)c2c(c(C)c1O)CCC(C)(C(C)C)O2.Cc1c(O)c(CO)c(CO)c(O)c1C(C)C. The number of aliphatic hydroxyl groups is 2. The number of likely N-dealkylation sites (tertiary alicyclic amines) is 2. The van der Waals surface area contributed by atoms with E-state index in [1.165, 1.54) is 18.4 Å². The number of phenols is 3. The molecule has 0 radical (unpaired) electrons. The predicted octanol–water partition coefficient (Wildman–Crippen LogP) is 18.6. The van der Waals surface area contributed by atoms with E-state index in [-0.39, 0.29) is 83.6 Å². The number of aromatic nitrogens is 1. The summed E-state index contributed by atoms with van der Waals surface area (Å²) < 4.78 is 21.4. The molecule has 15 nitrogen and oxygen atoms in total. The van der Waals surface area contributed by atoms with Crippen LogP contribution in [-0.4, -0.2) is 130 Å². The Balaban J connectivity index is 0.000000260. The number of phenolic OH excluding ortho intramolecular Hbond substituents is 1. The first-order valence-corrected chi connectivity index (χ1v) is 38.8. The number of aromatic hydroxyl groups is 3. The quantitative estimate of drug-likeness (QED) is 0.0172. The van der Waals surface area contributed by atoms with Gasteiger partial charge < -0.3 is 40.2 Å². The minimum Gasteiger partial charge on any atom is -0.623 e. The molecule has 0 amide bonds. The molecule has 102 heavy (non-hydrogen) atoms. The van der Waals surface area contributed by atoms with Crippen molar-refractivity contribution < 1.29 is 49.3 Å². The number of carbonyl (C=O) groups excluding carboxylic acids is 1. The van der Waals surface area contributed by atoms with Crippen LogP contribution < -0.4 is 19.8 Å². The molecule has 0 bridgehead atoms. The van der Waals surface area contributed by atoms with Crippen molar-refractivity contribution in [1.29, 1.82) is 0 Å². The van der Waals surface area contributed by atoms with Crippen molar-refractivity contribution in [3.63, 3.8) is 0 Å². The molecule has 16 heteroatoms. The van der Waals surface area contributed by atoms with Crippen LogP contribution in [0.3, 0.4) is 0 Å². The van der Waals surface area contributed by atoms with Crippen LogP contribution in [0.25, 0.3) is 15.3 Å². The molecule has 1 unspecified atom stereocenters. The third-order valence-corrected chi connectivity index (χ3v) is 23.9. The van der Waals surface area contributed by atoms with Crippen molar-refractivity contribution >= 4 is 36.4 Å². The number of ketones is 1. The molecule has 0 aliphatic carbocycles. The molecular weight excluding hydrogens is 1340 g/mol. The number of nitrogens with zero attached hydrogens (tertiary/aromatic N) is 4. The average Bonchev–Trinajstić information content (AvgIpc) is 1.19. The van der Waals surface area contributed by atoms with Crippen molar-refractivity contribution in [2.75, 3.05) is 14.1 Å². The summed E-state index contributed by atoms with van der Waals surface area (Å²) in [4.78, 5) is 29.3. The second kappa shape index (κ2) is 36.2. The van der Waals surface area contributed by atoms with Crippen LogP contribution in [0.5, 0.6) is 34.5 Å². The maximum Gasteiger partial charge on any atom is 0.182 e. The van der Waals surface area contributed by atoms with E-state index in [1.807, 2.05) is 173 Å². The number of benzene rings is 5. The van der Waals surface area contributed by atoms with Gasteiger partial charge in [0.15, 0.2) is 11.8 Å². The normalized spacial score (nSPS) is 18.2. The van der Waals surface area contributed by atoms with E-state index in [4.69, 9.17) is 24.4 Å². The Hall–Kier alpha value is -6.13. The van der Waals surface area contributed by atoms with Gasteiger partial charge in [0, 0.05) is 83.1 Å². The second-order valence-corrected chi connectivity index (χ2v) is 36.4. The van der Waals surface area contributed by atoms with Gasteiger partial charge in [-0.3, -0.25) is 14.6 Å². The first kappa shape index (κ1) is 88.3. The number of ether oxygens (including phenoxy) is 3. The average molecular weight is 1480 g/mol. The molecular formula is C86H134N4O11Se. The first-order valence-electron chi connectivity index (χ1n) is 37.1. The molecule has 0 saturated carbocycles. The van der Waals surface area contributed by atoms with Gasteiger partial charge >= 0.3 is 123 Å². The molecule has 2 saturated heterocycles. The monoisotopic (exact) mass is 1480 g/mol. The van der Waals surface area contributed by atoms with Crippen molar-refractivity contribution in [2.45, 2.75) is 303 Å². The van der Waals surface area contributed by atoms with Gasteiger partial charge in [-0.25, -0.2) is 4.74 Å². The zero-order valence-corrected chi connectivity index (χ0v) is 70.1. The summed E-state index contributed by atoms with van der Waals surface area (Å²) in [5.74, 6) is 6.39. The number of hydroxylamine groups is 1. The summed E-state index contributed by atoms with van der Waals surface area (Å²) in [6.07, 6.45) is 9.62. The number of hydrogen-bond acceptors (Lipinski definition) is 13. The minimum absolute atomic E-state index is 0.0219. The van der Waals surface area contributed by atoms with Crippen molar-refractivity contribution in [2.24, 2.45) is 29.6 Å². The first-order chi connectivity index (χ1) is 46.9. The summed E-state index contributed by atoms with van der Waals surface area (Å²) in [5, 5.41) is 60.9. The van der Waals surface area contributed by atoms with Crippen molar-refractivity contribution in [3.8, 4) is 40.2 Å². The number of aliphatic hydroxyl groups excluding tert-OH is 2. The summed E-state index contributed by atoms with van der Waals surface area (Å²) in [5.41, 5.74) is 8.28. The molecule has 3 aliphatic heterocycles. The largest absolute Gasteiger partial charge is 0.623 e. The molecule has 0 spiro atoms. The summed E-state index contributed by atoms with van der Waals surface area (Å²) in [6, 6.07) is 23.1. The standard InChI is InChI=1S/C16H15NO2Se.C16H24O2.C15H29NO.C14H21NO2.C13H27N.C12H18O4/c1-11(2)19-13-9-7-12(8-10-13)17-16(18)14-5-3-4-6-15(14)20-17;1-9(2)16(6)8-7-13-12(5)14(17)10(3)11(4)15(13)18-16;1-11(2)13(17)8-12-9-14(3,4)16(7)15(5,6)10-12;1-11(2)17-13-8-6-12(7-9-13)10-15(16)14(3,4)5;1-10(2)11-8-12(3,4)14(7)13(5,6)9-11;1-6(2)10-7(3)11(15)8(4-13)9(5-14)12(10)16/h3-11H,1-2H3;9,17H,7-8H2,1-6H3;11-12H,8-10H2,1-7H3;6-11H,1-5H3;10-11H,8-9H2,1-7H3;6,13-16H,4-5H2,1-3H3/b;;;15-10-;;. The van der Waals surface area contributed by atoms with Crippen LogP contribution in [0.2, 0.25) is 0 Å². The fourth-order valence-corrected chi connectivity index (χ4v) is 16.3. The predicted molar refractivity (Wildman–Crippen MR) is 425 cm³/mol. The van der Waals surface area contributed by atoms with Crippen molar-refractivity contribution in [3.05, 3.63) is 138 Å². The Morgan fingerprint density at radius 2 is 1.11 bits per heavy atom. The molecule has 570 valence electrons. The fraction of sp³-hybridized carbons (Fsp3) is 0.616. The number of Topliss-reactive ketones (excluding diaryl/α,β-unsaturated/α-hetero) is 1. The van der Waals surface area contributed by atoms with Gasteiger partial charge in [-0.1, -0.05) is 55.4 Å². The molecule has 3 aliphatic rings. The number of hydrogen-bond donors (Lipinski definition) is 5. The molecule has 2 fully saturated rings. The fourth-order valence-electron chi connectivity index (χ4n) is 14.2. The van der Waals surface area contributed by atoms with Gasteiger partial charge in [-0.15, -0.1) is 0 Å². The third kappa shape index (κ3) is 22.9. The van der Waals surface area contributed by atoms with Crippen LogP contribution in [0.4, 0.5) is 0 Å². The van der Waals surface area contributed by atoms with E-state index in [2.05, 4.69) is 114 Å². The van der Waals surface area contributed by atoms with Crippen LogP contribution >= 0.6 is 0 Å². The summed E-state index contributed by atoms with van der Waals surface area (Å²) in [7, 11) is 4.48. The number of rotatable bonds is 14. The Morgan fingerprint density at radius 1 is 0.647 bits per heavy atom. The van der Waals surface area contributed by atoms with Crippen molar-refractivity contribution in [1.82, 2.24) is 13.4 Å². The van der Waals surface area contributed by atoms with E-state index in [0.717, 1.165) is 104 Å². The number of carbonyl (C=O) groups is 1. The molecule has 1 aromatic heterocycles. The van der Waals surface area contributed by atoms with Gasteiger partial charge in [0.05, 0.1) is 19.3 Å². The molecule has 5 aromatic carbocycles. The Bertz CT molecular complexity index is 3750. The topological polar surface area (TPSA) is 200 Å². The molecule has 4 heterocycles. The molecule has 5 N–H and O–H groups in total.